The fraction of sp³-hybridized carbons (Fsp3) is 0.857. The molecule has 0 saturated carbocycles. The van der Waals surface area contributed by atoms with Crippen LogP contribution in [-0.4, -0.2) is 33.3 Å². The summed E-state index contributed by atoms with van der Waals surface area (Å²) in [5.74, 6) is 0. The lowest BCUT2D eigenvalue weighted by Crippen LogP contribution is -2.14. The molecule has 0 atom stereocenters. The summed E-state index contributed by atoms with van der Waals surface area (Å²) in [6, 6.07) is 0. The maximum atomic E-state index is 8.74. The summed E-state index contributed by atoms with van der Waals surface area (Å²) >= 11 is 0. The maximum absolute atomic E-state index is 8.74. The van der Waals surface area contributed by atoms with E-state index in [4.69, 9.17) is 5.11 Å². The first-order chi connectivity index (χ1) is 9.36. The topological polar surface area (TPSA) is 63.0 Å². The molecule has 0 aliphatic heterocycles. The summed E-state index contributed by atoms with van der Waals surface area (Å²) in [5.41, 5.74) is 0.976. The molecule has 0 aromatic carbocycles. The first-order valence-electron chi connectivity index (χ1n) is 7.57. The van der Waals surface area contributed by atoms with Gasteiger partial charge in [-0.1, -0.05) is 44.2 Å². The summed E-state index contributed by atoms with van der Waals surface area (Å²) < 4.78 is 1.79. The number of aryl methyl sites for hydroxylation is 1. The van der Waals surface area contributed by atoms with Crippen LogP contribution in [0.2, 0.25) is 0 Å². The number of hydrogen-bond donors (Lipinski definition) is 2. The van der Waals surface area contributed by atoms with Gasteiger partial charge in [0.15, 0.2) is 0 Å². The lowest BCUT2D eigenvalue weighted by molar-refractivity contribution is 0.276. The minimum atomic E-state index is 0.200. The van der Waals surface area contributed by atoms with Crippen molar-refractivity contribution in [2.75, 3.05) is 13.2 Å². The monoisotopic (exact) mass is 268 g/mol. The highest BCUT2D eigenvalue weighted by molar-refractivity contribution is 4.91. The van der Waals surface area contributed by atoms with Crippen LogP contribution >= 0.6 is 0 Å². The van der Waals surface area contributed by atoms with Crippen LogP contribution in [0.5, 0.6) is 0 Å². The smallest absolute Gasteiger partial charge is 0.0964 e. The predicted octanol–water partition coefficient (Wildman–Crippen LogP) is 2.11. The molecule has 5 heteroatoms. The highest BCUT2D eigenvalue weighted by atomic mass is 16.3. The summed E-state index contributed by atoms with van der Waals surface area (Å²) in [7, 11) is 0. The predicted molar refractivity (Wildman–Crippen MR) is 76.8 cm³/mol. The molecule has 0 spiro atoms. The van der Waals surface area contributed by atoms with Crippen LogP contribution in [0.1, 0.15) is 57.6 Å². The SMILES string of the molecule is CCCCCCCCNCc1cn(CCCO)nn1. The highest BCUT2D eigenvalue weighted by Crippen LogP contribution is 2.04. The second-order valence-corrected chi connectivity index (χ2v) is 4.99. The molecule has 0 amide bonds. The summed E-state index contributed by atoms with van der Waals surface area (Å²) in [6.07, 6.45) is 10.6. The van der Waals surface area contributed by atoms with E-state index in [9.17, 15) is 0 Å². The fourth-order valence-electron chi connectivity index (χ4n) is 2.01. The van der Waals surface area contributed by atoms with E-state index < -0.39 is 0 Å². The molecule has 1 rings (SSSR count). The Morgan fingerprint density at radius 1 is 1.16 bits per heavy atom. The third-order valence-corrected chi connectivity index (χ3v) is 3.14. The van der Waals surface area contributed by atoms with Gasteiger partial charge in [-0.2, -0.15) is 0 Å². The van der Waals surface area contributed by atoms with Crippen molar-refractivity contribution < 1.29 is 5.11 Å². The van der Waals surface area contributed by atoms with Crippen molar-refractivity contribution in [2.24, 2.45) is 0 Å². The zero-order chi connectivity index (χ0) is 13.8. The van der Waals surface area contributed by atoms with Gasteiger partial charge in [0.05, 0.1) is 5.69 Å². The Bertz CT molecular complexity index is 314. The second-order valence-electron chi connectivity index (χ2n) is 4.99. The molecule has 0 saturated heterocycles. The number of unbranched alkanes of at least 4 members (excludes halogenated alkanes) is 5. The third kappa shape index (κ3) is 7.95. The van der Waals surface area contributed by atoms with E-state index in [0.29, 0.717) is 0 Å². The minimum Gasteiger partial charge on any atom is -0.396 e. The Morgan fingerprint density at radius 3 is 2.74 bits per heavy atom. The van der Waals surface area contributed by atoms with Gasteiger partial charge in [0.25, 0.3) is 0 Å². The Morgan fingerprint density at radius 2 is 1.95 bits per heavy atom. The van der Waals surface area contributed by atoms with Gasteiger partial charge in [-0.05, 0) is 19.4 Å². The number of aliphatic hydroxyl groups is 1. The van der Waals surface area contributed by atoms with Crippen molar-refractivity contribution in [1.82, 2.24) is 20.3 Å². The van der Waals surface area contributed by atoms with Crippen molar-refractivity contribution in [2.45, 2.75) is 65.0 Å². The molecule has 110 valence electrons. The van der Waals surface area contributed by atoms with Gasteiger partial charge >= 0.3 is 0 Å². The zero-order valence-corrected chi connectivity index (χ0v) is 12.1. The zero-order valence-electron chi connectivity index (χ0n) is 12.1. The number of nitrogens with zero attached hydrogens (tertiary/aromatic N) is 3. The summed E-state index contributed by atoms with van der Waals surface area (Å²) in [4.78, 5) is 0. The number of aromatic nitrogens is 3. The van der Waals surface area contributed by atoms with Crippen molar-refractivity contribution in [3.8, 4) is 0 Å². The molecule has 5 nitrogen and oxygen atoms in total. The molecule has 0 fully saturated rings. The average molecular weight is 268 g/mol. The van der Waals surface area contributed by atoms with E-state index in [-0.39, 0.29) is 6.61 Å². The molecule has 0 radical (unpaired) electrons. The lowest BCUT2D eigenvalue weighted by Gasteiger charge is -2.02. The largest absolute Gasteiger partial charge is 0.396 e. The van der Waals surface area contributed by atoms with Crippen LogP contribution in [0.3, 0.4) is 0 Å². The molecule has 1 heterocycles. The van der Waals surface area contributed by atoms with Gasteiger partial charge in [0, 0.05) is 25.9 Å². The molecular formula is C14H28N4O. The third-order valence-electron chi connectivity index (χ3n) is 3.14. The van der Waals surface area contributed by atoms with Gasteiger partial charge in [-0.15, -0.1) is 5.10 Å². The Balaban J connectivity index is 1.98. The van der Waals surface area contributed by atoms with Crippen molar-refractivity contribution >= 4 is 0 Å². The summed E-state index contributed by atoms with van der Waals surface area (Å²) in [6.45, 7) is 5.02. The van der Waals surface area contributed by atoms with E-state index in [1.165, 1.54) is 38.5 Å². The molecule has 1 aromatic rings. The van der Waals surface area contributed by atoms with E-state index >= 15 is 0 Å². The van der Waals surface area contributed by atoms with E-state index in [0.717, 1.165) is 31.7 Å². The van der Waals surface area contributed by atoms with Crippen molar-refractivity contribution in [3.63, 3.8) is 0 Å². The van der Waals surface area contributed by atoms with E-state index in [1.807, 2.05) is 6.20 Å². The van der Waals surface area contributed by atoms with Crippen LogP contribution in [0.25, 0.3) is 0 Å². The lowest BCUT2D eigenvalue weighted by atomic mass is 10.1. The maximum Gasteiger partial charge on any atom is 0.0964 e. The number of nitrogens with one attached hydrogen (secondary N) is 1. The minimum absolute atomic E-state index is 0.200. The Labute approximate surface area is 116 Å². The number of aliphatic hydroxyl groups excluding tert-OH is 1. The first kappa shape index (κ1) is 16.1. The molecule has 0 unspecified atom stereocenters. The first-order valence-corrected chi connectivity index (χ1v) is 7.57. The standard InChI is InChI=1S/C14H28N4O/c1-2-3-4-5-6-7-9-15-12-14-13-18(17-16-14)10-8-11-19/h13,15,19H,2-12H2,1H3. The van der Waals surface area contributed by atoms with Crippen LogP contribution in [0, 0.1) is 0 Å². The van der Waals surface area contributed by atoms with E-state index in [2.05, 4.69) is 22.6 Å². The van der Waals surface area contributed by atoms with Crippen LogP contribution < -0.4 is 5.32 Å². The van der Waals surface area contributed by atoms with Crippen molar-refractivity contribution in [3.05, 3.63) is 11.9 Å². The Kier molecular flexibility index (Phi) is 9.27. The van der Waals surface area contributed by atoms with Gasteiger partial charge in [0.2, 0.25) is 0 Å². The van der Waals surface area contributed by atoms with Crippen molar-refractivity contribution in [1.29, 1.82) is 0 Å². The molecule has 1 aromatic heterocycles. The number of hydrogen-bond acceptors (Lipinski definition) is 4. The van der Waals surface area contributed by atoms with Crippen LogP contribution in [0.15, 0.2) is 6.20 Å². The highest BCUT2D eigenvalue weighted by Gasteiger charge is 1.99. The van der Waals surface area contributed by atoms with Gasteiger partial charge in [-0.25, -0.2) is 0 Å². The molecule has 2 N–H and O–H groups in total. The van der Waals surface area contributed by atoms with Gasteiger partial charge < -0.3 is 10.4 Å². The van der Waals surface area contributed by atoms with Crippen LogP contribution in [-0.2, 0) is 13.1 Å². The van der Waals surface area contributed by atoms with E-state index in [1.54, 1.807) is 4.68 Å². The fourth-order valence-corrected chi connectivity index (χ4v) is 2.01. The van der Waals surface area contributed by atoms with Gasteiger partial charge in [0.1, 0.15) is 0 Å². The molecular weight excluding hydrogens is 240 g/mol. The average Bonchev–Trinajstić information content (AvgIpc) is 2.87. The molecule has 0 aliphatic carbocycles. The van der Waals surface area contributed by atoms with Gasteiger partial charge in [-0.3, -0.25) is 4.68 Å². The quantitative estimate of drug-likeness (QED) is 0.570. The normalized spacial score (nSPS) is 11.1. The molecule has 19 heavy (non-hydrogen) atoms. The molecule has 0 aliphatic rings. The Hall–Kier alpha value is -0.940. The van der Waals surface area contributed by atoms with Crippen LogP contribution in [0.4, 0.5) is 0 Å². The molecule has 0 bridgehead atoms. The number of rotatable bonds is 12. The summed E-state index contributed by atoms with van der Waals surface area (Å²) in [5, 5.41) is 20.2. The second kappa shape index (κ2) is 10.9.